The maximum atomic E-state index is 11.1. The van der Waals surface area contributed by atoms with E-state index in [2.05, 4.69) is 21.4 Å². The third-order valence-electron chi connectivity index (χ3n) is 4.20. The van der Waals surface area contributed by atoms with Crippen LogP contribution in [0.15, 0.2) is 19.0 Å². The molecule has 2 aliphatic rings. The molecule has 0 spiro atoms. The van der Waals surface area contributed by atoms with Crippen LogP contribution in [0.4, 0.5) is 4.79 Å². The molecule has 0 bridgehead atoms. The lowest BCUT2D eigenvalue weighted by Crippen LogP contribution is -2.51. The molecule has 0 aromatic carbocycles. The highest BCUT2D eigenvalue weighted by molar-refractivity contribution is 5.65. The molecule has 1 aromatic heterocycles. The van der Waals surface area contributed by atoms with Crippen molar-refractivity contribution in [3.8, 4) is 5.88 Å². The van der Waals surface area contributed by atoms with Crippen LogP contribution in [0.5, 0.6) is 5.88 Å². The van der Waals surface area contributed by atoms with Gasteiger partial charge in [0.05, 0.1) is 18.1 Å². The van der Waals surface area contributed by atoms with Crippen LogP contribution in [-0.2, 0) is 0 Å². The number of hydrogen-bond acceptors (Lipinski definition) is 5. The van der Waals surface area contributed by atoms with E-state index in [1.807, 2.05) is 6.92 Å². The molecule has 22 heavy (non-hydrogen) atoms. The van der Waals surface area contributed by atoms with Crippen molar-refractivity contribution in [2.75, 3.05) is 26.2 Å². The number of hydrogen-bond donors (Lipinski definition) is 1. The number of aromatic nitrogens is 2. The summed E-state index contributed by atoms with van der Waals surface area (Å²) in [7, 11) is 0. The predicted octanol–water partition coefficient (Wildman–Crippen LogP) is 1.33. The van der Waals surface area contributed by atoms with Crippen LogP contribution in [-0.4, -0.2) is 69.3 Å². The third kappa shape index (κ3) is 3.04. The molecule has 2 atom stereocenters. The van der Waals surface area contributed by atoms with Gasteiger partial charge in [-0.05, 0) is 12.5 Å². The maximum Gasteiger partial charge on any atom is 0.407 e. The Hall–Kier alpha value is -2.15. The number of piperazine rings is 1. The second kappa shape index (κ2) is 5.92. The van der Waals surface area contributed by atoms with E-state index in [4.69, 9.17) is 9.84 Å². The van der Waals surface area contributed by atoms with Gasteiger partial charge in [0.2, 0.25) is 5.88 Å². The minimum Gasteiger partial charge on any atom is -0.472 e. The second-order valence-corrected chi connectivity index (χ2v) is 5.87. The monoisotopic (exact) mass is 304 g/mol. The Kier molecular flexibility index (Phi) is 3.98. The van der Waals surface area contributed by atoms with Crippen molar-refractivity contribution in [2.24, 2.45) is 0 Å². The topological polar surface area (TPSA) is 78.8 Å². The van der Waals surface area contributed by atoms with Crippen LogP contribution in [0.25, 0.3) is 5.57 Å². The van der Waals surface area contributed by atoms with Gasteiger partial charge in [-0.1, -0.05) is 6.58 Å². The lowest BCUT2D eigenvalue weighted by molar-refractivity contribution is 0.0882. The Morgan fingerprint density at radius 2 is 2.18 bits per heavy atom. The molecule has 118 valence electrons. The number of amides is 1. The first-order valence-corrected chi connectivity index (χ1v) is 7.39. The summed E-state index contributed by atoms with van der Waals surface area (Å²) in [5.41, 5.74) is 1.62. The highest BCUT2D eigenvalue weighted by atomic mass is 16.5. The summed E-state index contributed by atoms with van der Waals surface area (Å²) in [4.78, 5) is 23.3. The van der Waals surface area contributed by atoms with E-state index in [1.165, 1.54) is 4.90 Å². The average molecular weight is 304 g/mol. The number of carbonyl (C=O) groups is 1. The minimum absolute atomic E-state index is 0.0312. The first-order valence-electron chi connectivity index (χ1n) is 7.39. The molecule has 7 nitrogen and oxygen atoms in total. The third-order valence-corrected chi connectivity index (χ3v) is 4.20. The predicted molar refractivity (Wildman–Crippen MR) is 80.7 cm³/mol. The van der Waals surface area contributed by atoms with Crippen molar-refractivity contribution in [1.29, 1.82) is 0 Å². The van der Waals surface area contributed by atoms with Gasteiger partial charge in [0.25, 0.3) is 0 Å². The van der Waals surface area contributed by atoms with E-state index in [9.17, 15) is 4.79 Å². The smallest absolute Gasteiger partial charge is 0.407 e. The van der Waals surface area contributed by atoms with Gasteiger partial charge in [0.15, 0.2) is 0 Å². The Labute approximate surface area is 129 Å². The summed E-state index contributed by atoms with van der Waals surface area (Å²) in [6, 6.07) is 0.234. The van der Waals surface area contributed by atoms with Crippen molar-refractivity contribution >= 4 is 11.7 Å². The Bertz CT molecular complexity index is 575. The van der Waals surface area contributed by atoms with Crippen LogP contribution in [0.1, 0.15) is 19.0 Å². The summed E-state index contributed by atoms with van der Waals surface area (Å²) < 4.78 is 5.89. The summed E-state index contributed by atoms with van der Waals surface area (Å²) in [6.45, 7) is 8.39. The summed E-state index contributed by atoms with van der Waals surface area (Å²) in [5, 5.41) is 9.08. The lowest BCUT2D eigenvalue weighted by Gasteiger charge is -2.35. The molecule has 0 radical (unpaired) electrons. The average Bonchev–Trinajstić information content (AvgIpc) is 2.88. The van der Waals surface area contributed by atoms with Crippen molar-refractivity contribution < 1.29 is 14.6 Å². The zero-order valence-corrected chi connectivity index (χ0v) is 12.6. The van der Waals surface area contributed by atoms with Gasteiger partial charge in [-0.2, -0.15) is 0 Å². The SMILES string of the molecule is C=C(C)c1cnc(O[C@@H]2C[C@H]3CN(C(=O)O)CCN3C2)cn1. The van der Waals surface area contributed by atoms with E-state index in [-0.39, 0.29) is 12.1 Å². The molecule has 0 saturated carbocycles. The van der Waals surface area contributed by atoms with Gasteiger partial charge in [-0.3, -0.25) is 4.90 Å². The van der Waals surface area contributed by atoms with Gasteiger partial charge in [-0.25, -0.2) is 14.8 Å². The van der Waals surface area contributed by atoms with Crippen LogP contribution in [0.3, 0.4) is 0 Å². The Balaban J connectivity index is 1.59. The van der Waals surface area contributed by atoms with E-state index < -0.39 is 6.09 Å². The molecule has 7 heteroatoms. The lowest BCUT2D eigenvalue weighted by atomic mass is 10.1. The first kappa shape index (κ1) is 14.8. The Morgan fingerprint density at radius 1 is 1.36 bits per heavy atom. The van der Waals surface area contributed by atoms with Gasteiger partial charge >= 0.3 is 6.09 Å². The van der Waals surface area contributed by atoms with Crippen LogP contribution >= 0.6 is 0 Å². The van der Waals surface area contributed by atoms with E-state index in [1.54, 1.807) is 12.4 Å². The molecule has 1 amide bonds. The zero-order chi connectivity index (χ0) is 15.7. The van der Waals surface area contributed by atoms with Gasteiger partial charge in [0, 0.05) is 38.6 Å². The highest BCUT2D eigenvalue weighted by Gasteiger charge is 2.38. The summed E-state index contributed by atoms with van der Waals surface area (Å²) >= 11 is 0. The molecule has 1 N–H and O–H groups in total. The summed E-state index contributed by atoms with van der Waals surface area (Å²) in [5.74, 6) is 0.505. The van der Waals surface area contributed by atoms with Crippen molar-refractivity contribution in [1.82, 2.24) is 19.8 Å². The number of carboxylic acid groups (broad SMARTS) is 1. The molecule has 2 saturated heterocycles. The molecule has 1 aromatic rings. The number of allylic oxidation sites excluding steroid dienone is 1. The number of fused-ring (bicyclic) bond motifs is 1. The molecule has 0 unspecified atom stereocenters. The van der Waals surface area contributed by atoms with E-state index in [0.29, 0.717) is 19.0 Å². The van der Waals surface area contributed by atoms with E-state index in [0.717, 1.165) is 30.8 Å². The molecule has 3 rings (SSSR count). The maximum absolute atomic E-state index is 11.1. The van der Waals surface area contributed by atoms with E-state index >= 15 is 0 Å². The van der Waals surface area contributed by atoms with Gasteiger partial charge in [-0.15, -0.1) is 0 Å². The zero-order valence-electron chi connectivity index (χ0n) is 12.6. The van der Waals surface area contributed by atoms with Crippen molar-refractivity contribution in [2.45, 2.75) is 25.5 Å². The molecule has 3 heterocycles. The highest BCUT2D eigenvalue weighted by Crippen LogP contribution is 2.25. The number of rotatable bonds is 3. The van der Waals surface area contributed by atoms with Gasteiger partial charge < -0.3 is 14.7 Å². The minimum atomic E-state index is -0.842. The number of ether oxygens (including phenoxy) is 1. The normalized spacial score (nSPS) is 24.9. The molecule has 2 aliphatic heterocycles. The second-order valence-electron chi connectivity index (χ2n) is 5.87. The standard InChI is InChI=1S/C15H20N4O3/c1-10(2)13-6-17-14(7-16-13)22-12-5-11-8-19(15(20)21)4-3-18(11)9-12/h6-7,11-12H,1,3-5,8-9H2,2H3,(H,20,21)/t11-,12+/m0/s1. The fourth-order valence-electron chi connectivity index (χ4n) is 3.02. The van der Waals surface area contributed by atoms with Crippen molar-refractivity contribution in [3.05, 3.63) is 24.7 Å². The quantitative estimate of drug-likeness (QED) is 0.907. The molecule has 2 fully saturated rings. The van der Waals surface area contributed by atoms with Crippen molar-refractivity contribution in [3.63, 3.8) is 0 Å². The largest absolute Gasteiger partial charge is 0.472 e. The summed E-state index contributed by atoms with van der Waals surface area (Å²) in [6.07, 6.45) is 3.28. The van der Waals surface area contributed by atoms with Gasteiger partial charge in [0.1, 0.15) is 6.10 Å². The molecular formula is C15H20N4O3. The fourth-order valence-corrected chi connectivity index (χ4v) is 3.02. The molecule has 0 aliphatic carbocycles. The van der Waals surface area contributed by atoms with Crippen LogP contribution in [0.2, 0.25) is 0 Å². The number of nitrogens with zero attached hydrogens (tertiary/aromatic N) is 4. The Morgan fingerprint density at radius 3 is 2.82 bits per heavy atom. The first-order chi connectivity index (χ1) is 10.5. The van der Waals surface area contributed by atoms with Crippen LogP contribution < -0.4 is 4.74 Å². The fraction of sp³-hybridized carbons (Fsp3) is 0.533. The molecular weight excluding hydrogens is 284 g/mol. The van der Waals surface area contributed by atoms with Crippen LogP contribution in [0, 0.1) is 0 Å².